The van der Waals surface area contributed by atoms with Crippen molar-refractivity contribution in [1.82, 2.24) is 9.88 Å². The Morgan fingerprint density at radius 3 is 2.85 bits per heavy atom. The average molecular weight is 275 g/mol. The highest BCUT2D eigenvalue weighted by atomic mass is 16.2. The topological polar surface area (TPSA) is 62.3 Å². The fourth-order valence-electron chi connectivity index (χ4n) is 2.34. The van der Waals surface area contributed by atoms with Crippen LogP contribution in [0, 0.1) is 18.8 Å². The van der Waals surface area contributed by atoms with Crippen LogP contribution in [0.2, 0.25) is 0 Å². The highest BCUT2D eigenvalue weighted by molar-refractivity contribution is 5.96. The molecule has 0 saturated carbocycles. The number of nitrogens with one attached hydrogen (secondary N) is 1. The van der Waals surface area contributed by atoms with Gasteiger partial charge in [0.15, 0.2) is 0 Å². The normalized spacial score (nSPS) is 18.7. The molecule has 0 aliphatic carbocycles. The predicted octanol–water partition coefficient (Wildman–Crippen LogP) is 1.83. The van der Waals surface area contributed by atoms with Gasteiger partial charge >= 0.3 is 0 Å². The van der Waals surface area contributed by atoms with E-state index in [0.717, 1.165) is 5.56 Å². The summed E-state index contributed by atoms with van der Waals surface area (Å²) in [6.07, 6.45) is 2.00. The molecular weight excluding hydrogens is 254 g/mol. The minimum Gasteiger partial charge on any atom is -0.342 e. The van der Waals surface area contributed by atoms with Gasteiger partial charge in [-0.05, 0) is 24.5 Å². The van der Waals surface area contributed by atoms with Gasteiger partial charge in [0.25, 0.3) is 0 Å². The third kappa shape index (κ3) is 3.56. The fraction of sp³-hybridized carbons (Fsp3) is 0.533. The van der Waals surface area contributed by atoms with Crippen molar-refractivity contribution < 1.29 is 9.59 Å². The quantitative estimate of drug-likeness (QED) is 0.912. The van der Waals surface area contributed by atoms with Gasteiger partial charge in [-0.15, -0.1) is 0 Å². The second-order valence-corrected chi connectivity index (χ2v) is 5.80. The first kappa shape index (κ1) is 14.5. The van der Waals surface area contributed by atoms with E-state index in [9.17, 15) is 9.59 Å². The standard InChI is InChI=1S/C15H21N3O2/c1-10(2)8-18-9-12(6-14(18)19)15(20)17-13-5-4-11(3)7-16-13/h4-5,7,10,12H,6,8-9H2,1-3H3,(H,16,17,20)/t12-/m1/s1. The van der Waals surface area contributed by atoms with Gasteiger partial charge in [0.2, 0.25) is 11.8 Å². The summed E-state index contributed by atoms with van der Waals surface area (Å²) in [5.74, 6) is 0.621. The number of hydrogen-bond donors (Lipinski definition) is 1. The molecule has 20 heavy (non-hydrogen) atoms. The van der Waals surface area contributed by atoms with Crippen LogP contribution in [0.25, 0.3) is 0 Å². The first-order chi connectivity index (χ1) is 9.45. The van der Waals surface area contributed by atoms with Crippen molar-refractivity contribution in [2.75, 3.05) is 18.4 Å². The van der Waals surface area contributed by atoms with Crippen LogP contribution in [-0.4, -0.2) is 34.8 Å². The number of nitrogens with zero attached hydrogens (tertiary/aromatic N) is 2. The summed E-state index contributed by atoms with van der Waals surface area (Å²) in [4.78, 5) is 29.9. The number of anilines is 1. The van der Waals surface area contributed by atoms with Gasteiger partial charge in [-0.3, -0.25) is 9.59 Å². The van der Waals surface area contributed by atoms with E-state index >= 15 is 0 Å². The van der Waals surface area contributed by atoms with Crippen molar-refractivity contribution >= 4 is 17.6 Å². The molecule has 108 valence electrons. The van der Waals surface area contributed by atoms with Crippen LogP contribution >= 0.6 is 0 Å². The van der Waals surface area contributed by atoms with Gasteiger partial charge in [-0.2, -0.15) is 0 Å². The SMILES string of the molecule is Cc1ccc(NC(=O)[C@@H]2CC(=O)N(CC(C)C)C2)nc1. The average Bonchev–Trinajstić information content (AvgIpc) is 2.73. The Balaban J connectivity index is 1.94. The van der Waals surface area contributed by atoms with Crippen LogP contribution in [0.1, 0.15) is 25.8 Å². The van der Waals surface area contributed by atoms with Gasteiger partial charge in [0, 0.05) is 25.7 Å². The first-order valence-corrected chi connectivity index (χ1v) is 6.97. The molecular formula is C15H21N3O2. The minimum atomic E-state index is -0.274. The van der Waals surface area contributed by atoms with Crippen LogP contribution in [0.5, 0.6) is 0 Å². The summed E-state index contributed by atoms with van der Waals surface area (Å²) in [5.41, 5.74) is 1.04. The number of rotatable bonds is 4. The number of carbonyl (C=O) groups excluding carboxylic acids is 2. The lowest BCUT2D eigenvalue weighted by molar-refractivity contribution is -0.128. The molecule has 1 fully saturated rings. The summed E-state index contributed by atoms with van der Waals surface area (Å²) >= 11 is 0. The maximum absolute atomic E-state index is 12.1. The Morgan fingerprint density at radius 2 is 2.25 bits per heavy atom. The smallest absolute Gasteiger partial charge is 0.230 e. The minimum absolute atomic E-state index is 0.0655. The molecule has 2 rings (SSSR count). The van der Waals surface area contributed by atoms with Crippen molar-refractivity contribution in [3.8, 4) is 0 Å². The number of carbonyl (C=O) groups is 2. The van der Waals surface area contributed by atoms with E-state index < -0.39 is 0 Å². The fourth-order valence-corrected chi connectivity index (χ4v) is 2.34. The van der Waals surface area contributed by atoms with Gasteiger partial charge in [-0.1, -0.05) is 19.9 Å². The van der Waals surface area contributed by atoms with Crippen LogP contribution in [-0.2, 0) is 9.59 Å². The van der Waals surface area contributed by atoms with Gasteiger partial charge in [0.1, 0.15) is 5.82 Å². The molecule has 0 spiro atoms. The molecule has 1 aliphatic heterocycles. The molecule has 1 aliphatic rings. The Labute approximate surface area is 119 Å². The molecule has 1 saturated heterocycles. The van der Waals surface area contributed by atoms with E-state index in [2.05, 4.69) is 24.1 Å². The van der Waals surface area contributed by atoms with E-state index in [0.29, 0.717) is 31.2 Å². The molecule has 1 N–H and O–H groups in total. The Bertz CT molecular complexity index is 496. The monoisotopic (exact) mass is 275 g/mol. The predicted molar refractivity (Wildman–Crippen MR) is 77.1 cm³/mol. The van der Waals surface area contributed by atoms with E-state index in [1.54, 1.807) is 17.2 Å². The zero-order valence-corrected chi connectivity index (χ0v) is 12.2. The number of amides is 2. The lowest BCUT2D eigenvalue weighted by Crippen LogP contribution is -2.31. The highest BCUT2D eigenvalue weighted by Gasteiger charge is 2.34. The molecule has 2 heterocycles. The van der Waals surface area contributed by atoms with E-state index in [1.807, 2.05) is 13.0 Å². The third-order valence-electron chi connectivity index (χ3n) is 3.33. The van der Waals surface area contributed by atoms with Crippen molar-refractivity contribution in [2.24, 2.45) is 11.8 Å². The van der Waals surface area contributed by atoms with E-state index in [-0.39, 0.29) is 17.7 Å². The number of likely N-dealkylation sites (tertiary alicyclic amines) is 1. The Kier molecular flexibility index (Phi) is 4.37. The Hall–Kier alpha value is -1.91. The molecule has 5 nitrogen and oxygen atoms in total. The van der Waals surface area contributed by atoms with Crippen LogP contribution in [0.15, 0.2) is 18.3 Å². The van der Waals surface area contributed by atoms with Crippen LogP contribution in [0.3, 0.4) is 0 Å². The second-order valence-electron chi connectivity index (χ2n) is 5.80. The maximum atomic E-state index is 12.1. The van der Waals surface area contributed by atoms with Crippen LogP contribution < -0.4 is 5.32 Å². The zero-order chi connectivity index (χ0) is 14.7. The summed E-state index contributed by atoms with van der Waals surface area (Å²) in [7, 11) is 0. The highest BCUT2D eigenvalue weighted by Crippen LogP contribution is 2.20. The molecule has 1 aromatic rings. The lowest BCUT2D eigenvalue weighted by Gasteiger charge is -2.18. The Morgan fingerprint density at radius 1 is 1.50 bits per heavy atom. The summed E-state index contributed by atoms with van der Waals surface area (Å²) in [6, 6.07) is 3.67. The van der Waals surface area contributed by atoms with E-state index in [1.165, 1.54) is 0 Å². The van der Waals surface area contributed by atoms with Gasteiger partial charge in [-0.25, -0.2) is 4.98 Å². The lowest BCUT2D eigenvalue weighted by atomic mass is 10.1. The number of aromatic nitrogens is 1. The van der Waals surface area contributed by atoms with Gasteiger partial charge in [0.05, 0.1) is 5.92 Å². The molecule has 2 amide bonds. The maximum Gasteiger partial charge on any atom is 0.230 e. The number of hydrogen-bond acceptors (Lipinski definition) is 3. The largest absolute Gasteiger partial charge is 0.342 e. The molecule has 0 unspecified atom stereocenters. The van der Waals surface area contributed by atoms with Crippen molar-refractivity contribution in [1.29, 1.82) is 0 Å². The molecule has 0 radical (unpaired) electrons. The molecule has 1 atom stereocenters. The first-order valence-electron chi connectivity index (χ1n) is 6.97. The number of pyridine rings is 1. The van der Waals surface area contributed by atoms with Crippen molar-refractivity contribution in [3.05, 3.63) is 23.9 Å². The molecule has 1 aromatic heterocycles. The molecule has 5 heteroatoms. The van der Waals surface area contributed by atoms with E-state index in [4.69, 9.17) is 0 Å². The summed E-state index contributed by atoms with van der Waals surface area (Å²) in [6.45, 7) is 7.30. The zero-order valence-electron chi connectivity index (χ0n) is 12.2. The number of aryl methyl sites for hydroxylation is 1. The molecule has 0 aromatic carbocycles. The third-order valence-corrected chi connectivity index (χ3v) is 3.33. The van der Waals surface area contributed by atoms with Gasteiger partial charge < -0.3 is 10.2 Å². The molecule has 0 bridgehead atoms. The van der Waals surface area contributed by atoms with Crippen molar-refractivity contribution in [3.63, 3.8) is 0 Å². The second kappa shape index (κ2) is 6.03. The van der Waals surface area contributed by atoms with Crippen LogP contribution in [0.4, 0.5) is 5.82 Å². The summed E-state index contributed by atoms with van der Waals surface area (Å²) < 4.78 is 0. The van der Waals surface area contributed by atoms with Crippen molar-refractivity contribution in [2.45, 2.75) is 27.2 Å². The summed E-state index contributed by atoms with van der Waals surface area (Å²) in [5, 5.41) is 2.78.